The largest absolute Gasteiger partial charge is 0.383 e. The van der Waals surface area contributed by atoms with Crippen LogP contribution in [0.4, 0.5) is 11.5 Å². The fraction of sp³-hybridized carbons (Fsp3) is 0.500. The molecule has 1 fully saturated rings. The van der Waals surface area contributed by atoms with Crippen molar-refractivity contribution >= 4 is 29.0 Å². The summed E-state index contributed by atoms with van der Waals surface area (Å²) in [7, 11) is 1.74. The summed E-state index contributed by atoms with van der Waals surface area (Å²) in [5.74, 6) is 0.165. The monoisotopic (exact) mass is 271 g/mol. The summed E-state index contributed by atoms with van der Waals surface area (Å²) < 4.78 is 5.28. The van der Waals surface area contributed by atoms with Crippen molar-refractivity contribution in [3.63, 3.8) is 0 Å². The zero-order valence-corrected chi connectivity index (χ0v) is 10.6. The van der Waals surface area contributed by atoms with Crippen molar-refractivity contribution in [2.75, 3.05) is 37.0 Å². The third-order valence-electron chi connectivity index (χ3n) is 2.71. The molecule has 1 aliphatic rings. The molecule has 0 aromatic carbocycles. The van der Waals surface area contributed by atoms with Gasteiger partial charge in [0.1, 0.15) is 12.0 Å². The van der Waals surface area contributed by atoms with Gasteiger partial charge in [-0.05, 0) is 0 Å². The number of hydrogen-bond acceptors (Lipinski definition) is 6. The molecule has 7 nitrogen and oxygen atoms in total. The maximum absolute atomic E-state index is 11.1. The van der Waals surface area contributed by atoms with Crippen molar-refractivity contribution in [2.24, 2.45) is 5.73 Å². The summed E-state index contributed by atoms with van der Waals surface area (Å²) in [6.45, 7) is 1.39. The van der Waals surface area contributed by atoms with Gasteiger partial charge in [-0.25, -0.2) is 9.97 Å². The van der Waals surface area contributed by atoms with E-state index in [1.54, 1.807) is 7.05 Å². The number of carbonyl (C=O) groups excluding carboxylic acids is 1. The maximum atomic E-state index is 11.1. The number of aromatic nitrogens is 2. The van der Waals surface area contributed by atoms with E-state index in [4.69, 9.17) is 22.1 Å². The second kappa shape index (κ2) is 5.36. The first-order valence-electron chi connectivity index (χ1n) is 5.47. The zero-order valence-electron chi connectivity index (χ0n) is 9.89. The topological polar surface area (TPSA) is 93.4 Å². The molecule has 0 radical (unpaired) electrons. The minimum absolute atomic E-state index is 0.338. The number of amides is 1. The average molecular weight is 272 g/mol. The molecule has 1 unspecified atom stereocenters. The summed E-state index contributed by atoms with van der Waals surface area (Å²) in [5, 5.41) is 3.29. The number of ether oxygens (including phenoxy) is 1. The first kappa shape index (κ1) is 12.8. The van der Waals surface area contributed by atoms with Crippen molar-refractivity contribution in [1.29, 1.82) is 0 Å². The Morgan fingerprint density at radius 1 is 1.67 bits per heavy atom. The number of primary amides is 1. The van der Waals surface area contributed by atoms with Gasteiger partial charge in [-0.15, -0.1) is 0 Å². The number of hydrogen-bond donors (Lipinski definition) is 2. The second-order valence-corrected chi connectivity index (χ2v) is 4.18. The Hall–Kier alpha value is -1.60. The van der Waals surface area contributed by atoms with Crippen LogP contribution in [-0.2, 0) is 9.53 Å². The zero-order chi connectivity index (χ0) is 13.1. The summed E-state index contributed by atoms with van der Waals surface area (Å²) in [5.41, 5.74) is 5.87. The number of rotatable bonds is 3. The summed E-state index contributed by atoms with van der Waals surface area (Å²) in [6, 6.07) is 0. The number of halogens is 1. The molecule has 1 aromatic heterocycles. The molecule has 0 aliphatic carbocycles. The highest BCUT2D eigenvalue weighted by molar-refractivity contribution is 6.32. The van der Waals surface area contributed by atoms with E-state index >= 15 is 0 Å². The molecule has 98 valence electrons. The fourth-order valence-corrected chi connectivity index (χ4v) is 2.05. The van der Waals surface area contributed by atoms with Crippen molar-refractivity contribution in [3.8, 4) is 0 Å². The van der Waals surface area contributed by atoms with Gasteiger partial charge in [0, 0.05) is 13.6 Å². The van der Waals surface area contributed by atoms with Gasteiger partial charge in [0.05, 0.1) is 13.2 Å². The van der Waals surface area contributed by atoms with E-state index in [-0.39, 0.29) is 0 Å². The number of morpholine rings is 1. The van der Waals surface area contributed by atoms with E-state index in [0.29, 0.717) is 36.4 Å². The lowest BCUT2D eigenvalue weighted by Crippen LogP contribution is -2.48. The third kappa shape index (κ3) is 2.46. The Morgan fingerprint density at radius 3 is 3.11 bits per heavy atom. The fourth-order valence-electron chi connectivity index (χ4n) is 1.82. The van der Waals surface area contributed by atoms with Crippen LogP contribution in [0, 0.1) is 0 Å². The van der Waals surface area contributed by atoms with Crippen LogP contribution in [0.3, 0.4) is 0 Å². The van der Waals surface area contributed by atoms with Crippen molar-refractivity contribution in [2.45, 2.75) is 6.10 Å². The Kier molecular flexibility index (Phi) is 3.83. The highest BCUT2D eigenvalue weighted by Gasteiger charge is 2.27. The Morgan fingerprint density at radius 2 is 2.44 bits per heavy atom. The van der Waals surface area contributed by atoms with Crippen LogP contribution in [-0.4, -0.2) is 48.7 Å². The number of nitrogens with zero attached hydrogens (tertiary/aromatic N) is 3. The molecule has 1 atom stereocenters. The molecule has 0 saturated carbocycles. The van der Waals surface area contributed by atoms with Crippen molar-refractivity contribution in [1.82, 2.24) is 9.97 Å². The van der Waals surface area contributed by atoms with Crippen LogP contribution in [0.1, 0.15) is 0 Å². The molecule has 3 N–H and O–H groups in total. The van der Waals surface area contributed by atoms with Gasteiger partial charge < -0.3 is 20.7 Å². The number of carbonyl (C=O) groups is 1. The van der Waals surface area contributed by atoms with Gasteiger partial charge in [-0.1, -0.05) is 11.6 Å². The summed E-state index contributed by atoms with van der Waals surface area (Å²) in [6.07, 6.45) is 0.755. The molecular formula is C10H14ClN5O2. The maximum Gasteiger partial charge on any atom is 0.248 e. The van der Waals surface area contributed by atoms with E-state index < -0.39 is 12.0 Å². The minimum atomic E-state index is -0.628. The van der Waals surface area contributed by atoms with Crippen LogP contribution < -0.4 is 16.0 Å². The van der Waals surface area contributed by atoms with E-state index in [1.807, 2.05) is 4.90 Å². The minimum Gasteiger partial charge on any atom is -0.383 e. The standard InChI is InChI=1S/C10H14ClN5O2/c1-13-7-8(11)14-5-15-10(7)16-2-3-18-6(4-16)9(12)17/h5-6,13H,2-4H2,1H3,(H2,12,17). The van der Waals surface area contributed by atoms with E-state index in [9.17, 15) is 4.79 Å². The van der Waals surface area contributed by atoms with Crippen molar-refractivity contribution < 1.29 is 9.53 Å². The lowest BCUT2D eigenvalue weighted by Gasteiger charge is -2.33. The molecule has 2 heterocycles. The first-order chi connectivity index (χ1) is 8.63. The molecule has 1 aromatic rings. The smallest absolute Gasteiger partial charge is 0.248 e. The highest BCUT2D eigenvalue weighted by atomic mass is 35.5. The molecule has 18 heavy (non-hydrogen) atoms. The summed E-state index contributed by atoms with van der Waals surface area (Å²) >= 11 is 5.98. The lowest BCUT2D eigenvalue weighted by atomic mass is 10.2. The molecule has 1 amide bonds. The van der Waals surface area contributed by atoms with E-state index in [2.05, 4.69) is 15.3 Å². The predicted molar refractivity (Wildman–Crippen MR) is 67.7 cm³/mol. The number of nitrogens with one attached hydrogen (secondary N) is 1. The second-order valence-electron chi connectivity index (χ2n) is 3.82. The lowest BCUT2D eigenvalue weighted by molar-refractivity contribution is -0.130. The molecule has 1 saturated heterocycles. The van der Waals surface area contributed by atoms with Gasteiger partial charge >= 0.3 is 0 Å². The Bertz CT molecular complexity index is 456. The first-order valence-corrected chi connectivity index (χ1v) is 5.85. The quantitative estimate of drug-likeness (QED) is 0.744. The Balaban J connectivity index is 2.26. The van der Waals surface area contributed by atoms with Crippen LogP contribution in [0.15, 0.2) is 6.33 Å². The van der Waals surface area contributed by atoms with E-state index in [0.717, 1.165) is 0 Å². The van der Waals surface area contributed by atoms with Gasteiger partial charge in [0.2, 0.25) is 5.91 Å². The van der Waals surface area contributed by atoms with Crippen LogP contribution >= 0.6 is 11.6 Å². The SMILES string of the molecule is CNc1c(Cl)ncnc1N1CCOC(C(N)=O)C1. The molecule has 2 rings (SSSR count). The number of anilines is 2. The molecule has 0 spiro atoms. The van der Waals surface area contributed by atoms with Crippen LogP contribution in [0.5, 0.6) is 0 Å². The third-order valence-corrected chi connectivity index (χ3v) is 3.00. The summed E-state index contributed by atoms with van der Waals surface area (Å²) in [4.78, 5) is 21.1. The molecular weight excluding hydrogens is 258 g/mol. The van der Waals surface area contributed by atoms with Crippen LogP contribution in [0.25, 0.3) is 0 Å². The van der Waals surface area contributed by atoms with Gasteiger partial charge in [-0.2, -0.15) is 0 Å². The van der Waals surface area contributed by atoms with Crippen molar-refractivity contribution in [3.05, 3.63) is 11.5 Å². The molecule has 1 aliphatic heterocycles. The number of nitrogens with two attached hydrogens (primary N) is 1. The van der Waals surface area contributed by atoms with Gasteiger partial charge in [0.25, 0.3) is 0 Å². The van der Waals surface area contributed by atoms with Gasteiger partial charge in [0.15, 0.2) is 17.1 Å². The van der Waals surface area contributed by atoms with E-state index in [1.165, 1.54) is 6.33 Å². The van der Waals surface area contributed by atoms with Crippen LogP contribution in [0.2, 0.25) is 5.15 Å². The predicted octanol–water partition coefficient (Wildman–Crippen LogP) is -0.138. The molecule has 0 bridgehead atoms. The highest BCUT2D eigenvalue weighted by Crippen LogP contribution is 2.29. The Labute approximate surface area is 109 Å². The van der Waals surface area contributed by atoms with Gasteiger partial charge in [-0.3, -0.25) is 4.79 Å². The normalized spacial score (nSPS) is 19.7. The molecule has 8 heteroatoms. The average Bonchev–Trinajstić information content (AvgIpc) is 2.38.